The summed E-state index contributed by atoms with van der Waals surface area (Å²) in [6, 6.07) is 7.38. The Morgan fingerprint density at radius 3 is 2.61 bits per heavy atom. The van der Waals surface area contributed by atoms with Gasteiger partial charge in [-0.1, -0.05) is 19.9 Å². The van der Waals surface area contributed by atoms with Gasteiger partial charge in [0, 0.05) is 11.9 Å². The van der Waals surface area contributed by atoms with Crippen LogP contribution in [0.4, 0.5) is 0 Å². The summed E-state index contributed by atoms with van der Waals surface area (Å²) in [5.74, 6) is -1.04. The van der Waals surface area contributed by atoms with Crippen LogP contribution in [0.25, 0.3) is 11.0 Å². The molecular formula is C14H17NO3. The molecule has 1 aromatic carbocycles. The van der Waals surface area contributed by atoms with Crippen LogP contribution >= 0.6 is 0 Å². The molecule has 4 heteroatoms. The smallest absolute Gasteiger partial charge is 0.371 e. The second-order valence-electron chi connectivity index (χ2n) is 4.25. The Morgan fingerprint density at radius 1 is 1.28 bits per heavy atom. The molecule has 0 aliphatic heterocycles. The lowest BCUT2D eigenvalue weighted by Gasteiger charge is -2.17. The molecule has 0 fully saturated rings. The number of nitrogens with zero attached hydrogens (tertiary/aromatic N) is 1. The van der Waals surface area contributed by atoms with Crippen LogP contribution in [0, 0.1) is 0 Å². The molecule has 0 radical (unpaired) electrons. The highest BCUT2D eigenvalue weighted by Gasteiger charge is 2.11. The average Bonchev–Trinajstić information content (AvgIpc) is 2.79. The standard InChI is InChI=1S/C14H17NO3/c1-3-15(4-2)9-10-5-6-12-11(7-10)8-13(18-12)14(16)17/h5-8H,3-4,9H2,1-2H3,(H,16,17). The van der Waals surface area contributed by atoms with Gasteiger partial charge < -0.3 is 9.52 Å². The highest BCUT2D eigenvalue weighted by Crippen LogP contribution is 2.21. The first kappa shape index (κ1) is 12.6. The molecule has 0 aliphatic rings. The Hall–Kier alpha value is -1.81. The maximum atomic E-state index is 10.8. The number of fused-ring (bicyclic) bond motifs is 1. The van der Waals surface area contributed by atoms with Gasteiger partial charge in [0.2, 0.25) is 5.76 Å². The summed E-state index contributed by atoms with van der Waals surface area (Å²) >= 11 is 0. The van der Waals surface area contributed by atoms with Gasteiger partial charge >= 0.3 is 5.97 Å². The lowest BCUT2D eigenvalue weighted by Crippen LogP contribution is -2.21. The summed E-state index contributed by atoms with van der Waals surface area (Å²) < 4.78 is 5.23. The van der Waals surface area contributed by atoms with Crippen LogP contribution in [-0.2, 0) is 6.54 Å². The number of furan rings is 1. The first-order valence-corrected chi connectivity index (χ1v) is 6.12. The van der Waals surface area contributed by atoms with Crippen LogP contribution in [0.5, 0.6) is 0 Å². The fourth-order valence-corrected chi connectivity index (χ4v) is 2.00. The molecule has 0 atom stereocenters. The van der Waals surface area contributed by atoms with Gasteiger partial charge in [0.25, 0.3) is 0 Å². The van der Waals surface area contributed by atoms with Gasteiger partial charge in [-0.25, -0.2) is 4.79 Å². The number of carbonyl (C=O) groups is 1. The first-order valence-electron chi connectivity index (χ1n) is 6.12. The summed E-state index contributed by atoms with van der Waals surface area (Å²) in [7, 11) is 0. The van der Waals surface area contributed by atoms with Crippen molar-refractivity contribution in [2.24, 2.45) is 0 Å². The molecule has 0 unspecified atom stereocenters. The van der Waals surface area contributed by atoms with E-state index in [-0.39, 0.29) is 5.76 Å². The monoisotopic (exact) mass is 247 g/mol. The third-order valence-corrected chi connectivity index (χ3v) is 3.09. The molecule has 1 aromatic heterocycles. The largest absolute Gasteiger partial charge is 0.475 e. The molecule has 0 saturated heterocycles. The van der Waals surface area contributed by atoms with Crippen molar-refractivity contribution in [3.63, 3.8) is 0 Å². The number of hydrogen-bond acceptors (Lipinski definition) is 3. The van der Waals surface area contributed by atoms with E-state index in [4.69, 9.17) is 9.52 Å². The van der Waals surface area contributed by atoms with Crippen LogP contribution in [-0.4, -0.2) is 29.1 Å². The summed E-state index contributed by atoms with van der Waals surface area (Å²) in [4.78, 5) is 13.1. The molecule has 0 saturated carbocycles. The highest BCUT2D eigenvalue weighted by atomic mass is 16.4. The molecule has 2 aromatic rings. The first-order chi connectivity index (χ1) is 8.63. The third-order valence-electron chi connectivity index (χ3n) is 3.09. The Bertz CT molecular complexity index is 555. The average molecular weight is 247 g/mol. The van der Waals surface area contributed by atoms with Gasteiger partial charge in [0.05, 0.1) is 0 Å². The Balaban J connectivity index is 2.29. The van der Waals surface area contributed by atoms with Crippen LogP contribution in [0.3, 0.4) is 0 Å². The fraction of sp³-hybridized carbons (Fsp3) is 0.357. The SMILES string of the molecule is CCN(CC)Cc1ccc2oc(C(=O)O)cc2c1. The minimum absolute atomic E-state index is 0.00927. The van der Waals surface area contributed by atoms with Crippen molar-refractivity contribution in [1.82, 2.24) is 4.90 Å². The van der Waals surface area contributed by atoms with E-state index in [1.807, 2.05) is 18.2 Å². The summed E-state index contributed by atoms with van der Waals surface area (Å²) in [5, 5.41) is 9.72. The second kappa shape index (κ2) is 5.23. The van der Waals surface area contributed by atoms with Gasteiger partial charge in [0.1, 0.15) is 5.58 Å². The van der Waals surface area contributed by atoms with Crippen LogP contribution in [0.2, 0.25) is 0 Å². The van der Waals surface area contributed by atoms with Gasteiger partial charge in [-0.2, -0.15) is 0 Å². The molecule has 1 heterocycles. The Kier molecular flexibility index (Phi) is 3.67. The molecule has 4 nitrogen and oxygen atoms in total. The Morgan fingerprint density at radius 2 is 2.00 bits per heavy atom. The maximum absolute atomic E-state index is 10.8. The van der Waals surface area contributed by atoms with Crippen molar-refractivity contribution in [2.75, 3.05) is 13.1 Å². The number of benzene rings is 1. The summed E-state index contributed by atoms with van der Waals surface area (Å²) in [6.45, 7) is 7.13. The quantitative estimate of drug-likeness (QED) is 0.882. The molecule has 18 heavy (non-hydrogen) atoms. The van der Waals surface area contributed by atoms with Crippen molar-refractivity contribution in [3.8, 4) is 0 Å². The molecule has 0 spiro atoms. The van der Waals surface area contributed by atoms with E-state index in [0.717, 1.165) is 25.0 Å². The zero-order valence-corrected chi connectivity index (χ0v) is 10.6. The van der Waals surface area contributed by atoms with E-state index in [1.54, 1.807) is 6.07 Å². The molecular weight excluding hydrogens is 230 g/mol. The van der Waals surface area contributed by atoms with Crippen molar-refractivity contribution >= 4 is 16.9 Å². The van der Waals surface area contributed by atoms with E-state index in [2.05, 4.69) is 18.7 Å². The van der Waals surface area contributed by atoms with Crippen molar-refractivity contribution in [3.05, 3.63) is 35.6 Å². The Labute approximate surface area is 106 Å². The molecule has 0 amide bonds. The molecule has 96 valence electrons. The predicted octanol–water partition coefficient (Wildman–Crippen LogP) is 2.97. The minimum atomic E-state index is -1.03. The van der Waals surface area contributed by atoms with Crippen molar-refractivity contribution < 1.29 is 14.3 Å². The second-order valence-corrected chi connectivity index (χ2v) is 4.25. The van der Waals surface area contributed by atoms with E-state index in [1.165, 1.54) is 5.56 Å². The van der Waals surface area contributed by atoms with Crippen LogP contribution in [0.15, 0.2) is 28.7 Å². The molecule has 2 rings (SSSR count). The number of carboxylic acid groups (broad SMARTS) is 1. The summed E-state index contributed by atoms with van der Waals surface area (Å²) in [5.41, 5.74) is 1.79. The third kappa shape index (κ3) is 2.54. The zero-order chi connectivity index (χ0) is 13.1. The lowest BCUT2D eigenvalue weighted by atomic mass is 10.1. The van der Waals surface area contributed by atoms with E-state index in [9.17, 15) is 4.79 Å². The number of hydrogen-bond donors (Lipinski definition) is 1. The predicted molar refractivity (Wildman–Crippen MR) is 69.8 cm³/mol. The molecule has 1 N–H and O–H groups in total. The van der Waals surface area contributed by atoms with Gasteiger partial charge in [-0.05, 0) is 36.9 Å². The number of rotatable bonds is 5. The van der Waals surface area contributed by atoms with E-state index >= 15 is 0 Å². The van der Waals surface area contributed by atoms with Crippen LogP contribution in [0.1, 0.15) is 30.0 Å². The molecule has 0 aliphatic carbocycles. The highest BCUT2D eigenvalue weighted by molar-refractivity contribution is 5.91. The normalized spacial score (nSPS) is 11.3. The van der Waals surface area contributed by atoms with Gasteiger partial charge in [-0.15, -0.1) is 0 Å². The summed E-state index contributed by atoms with van der Waals surface area (Å²) in [6.07, 6.45) is 0. The topological polar surface area (TPSA) is 53.7 Å². The number of aromatic carboxylic acids is 1. The van der Waals surface area contributed by atoms with Crippen molar-refractivity contribution in [2.45, 2.75) is 20.4 Å². The van der Waals surface area contributed by atoms with E-state index < -0.39 is 5.97 Å². The molecule has 0 bridgehead atoms. The van der Waals surface area contributed by atoms with Gasteiger partial charge in [0.15, 0.2) is 0 Å². The number of carboxylic acids is 1. The van der Waals surface area contributed by atoms with Crippen molar-refractivity contribution in [1.29, 1.82) is 0 Å². The minimum Gasteiger partial charge on any atom is -0.475 e. The van der Waals surface area contributed by atoms with Gasteiger partial charge in [-0.3, -0.25) is 4.90 Å². The lowest BCUT2D eigenvalue weighted by molar-refractivity contribution is 0.0665. The fourth-order valence-electron chi connectivity index (χ4n) is 2.00. The van der Waals surface area contributed by atoms with E-state index in [0.29, 0.717) is 5.58 Å². The maximum Gasteiger partial charge on any atom is 0.371 e. The van der Waals surface area contributed by atoms with Crippen LogP contribution < -0.4 is 0 Å². The zero-order valence-electron chi connectivity index (χ0n) is 10.6.